The highest BCUT2D eigenvalue weighted by Crippen LogP contribution is 2.20. The van der Waals surface area contributed by atoms with Crippen LogP contribution in [-0.4, -0.2) is 46.6 Å². The van der Waals surface area contributed by atoms with Gasteiger partial charge in [-0.25, -0.2) is 17.5 Å². The Bertz CT molecular complexity index is 622. The smallest absolute Gasteiger partial charge is 0.240 e. The van der Waals surface area contributed by atoms with Crippen LogP contribution in [0.2, 0.25) is 0 Å². The second kappa shape index (κ2) is 8.08. The van der Waals surface area contributed by atoms with Gasteiger partial charge in [0.25, 0.3) is 0 Å². The number of ether oxygens (including phenoxy) is 1. The fourth-order valence-corrected chi connectivity index (χ4v) is 3.98. The maximum absolute atomic E-state index is 13.6. The molecule has 1 N–H and O–H groups in total. The van der Waals surface area contributed by atoms with Gasteiger partial charge in [-0.2, -0.15) is 0 Å². The topological polar surface area (TPSA) is 58.6 Å². The van der Waals surface area contributed by atoms with Crippen molar-refractivity contribution in [3.8, 4) is 5.75 Å². The number of sulfonamides is 1. The van der Waals surface area contributed by atoms with Gasteiger partial charge in [0.2, 0.25) is 10.0 Å². The fraction of sp³-hybridized carbons (Fsp3) is 0.625. The average molecular weight is 344 g/mol. The lowest BCUT2D eigenvalue weighted by molar-refractivity contribution is 0.182. The third kappa shape index (κ3) is 5.16. The molecule has 1 aromatic carbocycles. The van der Waals surface area contributed by atoms with Gasteiger partial charge in [-0.3, -0.25) is 0 Å². The number of hydrogen-bond acceptors (Lipinski definition) is 4. The Kier molecular flexibility index (Phi) is 6.38. The van der Waals surface area contributed by atoms with Crippen molar-refractivity contribution in [2.75, 3.05) is 33.3 Å². The lowest BCUT2D eigenvalue weighted by Crippen LogP contribution is -2.36. The Morgan fingerprint density at radius 3 is 2.87 bits per heavy atom. The zero-order valence-corrected chi connectivity index (χ0v) is 14.5. The molecule has 1 aliphatic rings. The molecule has 1 saturated heterocycles. The quantitative estimate of drug-likeness (QED) is 0.771. The summed E-state index contributed by atoms with van der Waals surface area (Å²) < 4.78 is 45.3. The minimum absolute atomic E-state index is 0.0307. The van der Waals surface area contributed by atoms with Gasteiger partial charge in [0, 0.05) is 13.1 Å². The van der Waals surface area contributed by atoms with E-state index >= 15 is 0 Å². The number of piperidine rings is 1. The van der Waals surface area contributed by atoms with E-state index < -0.39 is 15.8 Å². The van der Waals surface area contributed by atoms with Crippen LogP contribution in [0.3, 0.4) is 0 Å². The molecule has 1 fully saturated rings. The number of benzene rings is 1. The van der Waals surface area contributed by atoms with E-state index in [4.69, 9.17) is 4.74 Å². The normalized spacial score (nSPS) is 19.7. The third-order valence-corrected chi connectivity index (χ3v) is 5.58. The number of hydrogen-bond donors (Lipinski definition) is 1. The molecule has 130 valence electrons. The highest BCUT2D eigenvalue weighted by atomic mass is 32.2. The van der Waals surface area contributed by atoms with E-state index in [2.05, 4.69) is 16.5 Å². The maximum atomic E-state index is 13.6. The zero-order valence-electron chi connectivity index (χ0n) is 13.7. The maximum Gasteiger partial charge on any atom is 0.240 e. The van der Waals surface area contributed by atoms with E-state index in [-0.39, 0.29) is 10.6 Å². The molecule has 1 heterocycles. The first-order chi connectivity index (χ1) is 10.9. The molecule has 0 amide bonds. The molecular formula is C16H25FN2O3S. The first kappa shape index (κ1) is 18.2. The van der Waals surface area contributed by atoms with Crippen molar-refractivity contribution < 1.29 is 17.5 Å². The van der Waals surface area contributed by atoms with Gasteiger partial charge < -0.3 is 9.64 Å². The van der Waals surface area contributed by atoms with Crippen LogP contribution < -0.4 is 9.46 Å². The minimum Gasteiger partial charge on any atom is -0.494 e. The number of nitrogens with one attached hydrogen (secondary N) is 1. The molecule has 5 nitrogen and oxygen atoms in total. The largest absolute Gasteiger partial charge is 0.494 e. The minimum atomic E-state index is -3.69. The van der Waals surface area contributed by atoms with E-state index in [1.807, 2.05) is 0 Å². The molecule has 23 heavy (non-hydrogen) atoms. The lowest BCUT2D eigenvalue weighted by Gasteiger charge is -2.30. The van der Waals surface area contributed by atoms with E-state index in [1.165, 1.54) is 32.1 Å². The van der Waals surface area contributed by atoms with Crippen LogP contribution in [0.5, 0.6) is 5.75 Å². The van der Waals surface area contributed by atoms with Crippen LogP contribution in [0.1, 0.15) is 26.2 Å². The van der Waals surface area contributed by atoms with Gasteiger partial charge >= 0.3 is 0 Å². The Morgan fingerprint density at radius 2 is 2.22 bits per heavy atom. The van der Waals surface area contributed by atoms with Crippen LogP contribution in [0.15, 0.2) is 23.1 Å². The molecule has 1 atom stereocenters. The summed E-state index contributed by atoms with van der Waals surface area (Å²) in [5.74, 6) is 0.0589. The molecule has 1 aromatic rings. The highest BCUT2D eigenvalue weighted by Gasteiger charge is 2.18. The van der Waals surface area contributed by atoms with Crippen molar-refractivity contribution in [3.63, 3.8) is 0 Å². The van der Waals surface area contributed by atoms with Crippen molar-refractivity contribution in [1.82, 2.24) is 9.62 Å². The zero-order chi connectivity index (χ0) is 16.9. The summed E-state index contributed by atoms with van der Waals surface area (Å²) in [5.41, 5.74) is 0. The van der Waals surface area contributed by atoms with Crippen LogP contribution >= 0.6 is 0 Å². The van der Waals surface area contributed by atoms with E-state index in [1.54, 1.807) is 0 Å². The molecule has 0 spiro atoms. The van der Waals surface area contributed by atoms with Gasteiger partial charge in [-0.05, 0) is 56.5 Å². The monoisotopic (exact) mass is 344 g/mol. The predicted molar refractivity (Wildman–Crippen MR) is 87.6 cm³/mol. The Morgan fingerprint density at radius 1 is 1.43 bits per heavy atom. The van der Waals surface area contributed by atoms with Gasteiger partial charge in [0.15, 0.2) is 11.6 Å². The highest BCUT2D eigenvalue weighted by molar-refractivity contribution is 7.89. The van der Waals surface area contributed by atoms with Crippen LogP contribution in [0.4, 0.5) is 4.39 Å². The molecule has 0 bridgehead atoms. The number of rotatable bonds is 7. The summed E-state index contributed by atoms with van der Waals surface area (Å²) in [6.07, 6.45) is 3.22. The first-order valence-electron chi connectivity index (χ1n) is 7.98. The number of likely N-dealkylation sites (tertiary alicyclic amines) is 1. The summed E-state index contributed by atoms with van der Waals surface area (Å²) in [4.78, 5) is 2.29. The van der Waals surface area contributed by atoms with Gasteiger partial charge in [-0.1, -0.05) is 6.92 Å². The molecule has 0 unspecified atom stereocenters. The standard InChI is InChI=1S/C16H25FN2O3S/c1-13-5-3-9-19(12-13)10-4-8-18-23(20,21)14-6-7-16(22-2)15(17)11-14/h6-7,11,13,18H,3-5,8-10,12H2,1-2H3/t13-/m0/s1. The van der Waals surface area contributed by atoms with E-state index in [0.717, 1.165) is 32.1 Å². The lowest BCUT2D eigenvalue weighted by atomic mass is 10.0. The van der Waals surface area contributed by atoms with Crippen molar-refractivity contribution in [2.24, 2.45) is 5.92 Å². The second-order valence-corrected chi connectivity index (χ2v) is 7.86. The number of methoxy groups -OCH3 is 1. The first-order valence-corrected chi connectivity index (χ1v) is 9.46. The second-order valence-electron chi connectivity index (χ2n) is 6.10. The predicted octanol–water partition coefficient (Wildman–Crippen LogP) is 2.23. The summed E-state index contributed by atoms with van der Waals surface area (Å²) in [7, 11) is -2.35. The number of nitrogens with zero attached hydrogens (tertiary/aromatic N) is 1. The van der Waals surface area contributed by atoms with Crippen LogP contribution in [-0.2, 0) is 10.0 Å². The molecule has 0 aromatic heterocycles. The molecule has 0 aliphatic carbocycles. The van der Waals surface area contributed by atoms with Crippen LogP contribution in [0.25, 0.3) is 0 Å². The average Bonchev–Trinajstić information content (AvgIpc) is 2.51. The molecule has 1 aliphatic heterocycles. The Balaban J connectivity index is 1.83. The molecule has 7 heteroatoms. The Labute approximate surface area is 137 Å². The summed E-state index contributed by atoms with van der Waals surface area (Å²) >= 11 is 0. The summed E-state index contributed by atoms with van der Waals surface area (Å²) in [6, 6.07) is 3.64. The Hall–Kier alpha value is -1.18. The summed E-state index contributed by atoms with van der Waals surface area (Å²) in [6.45, 7) is 5.63. The molecular weight excluding hydrogens is 319 g/mol. The SMILES string of the molecule is COc1ccc(S(=O)(=O)NCCCN2CCC[C@H](C)C2)cc1F. The number of halogens is 1. The molecule has 0 radical (unpaired) electrons. The molecule has 0 saturated carbocycles. The van der Waals surface area contributed by atoms with Crippen molar-refractivity contribution in [2.45, 2.75) is 31.1 Å². The third-order valence-electron chi connectivity index (χ3n) is 4.12. The van der Waals surface area contributed by atoms with E-state index in [9.17, 15) is 12.8 Å². The van der Waals surface area contributed by atoms with Crippen molar-refractivity contribution in [3.05, 3.63) is 24.0 Å². The van der Waals surface area contributed by atoms with Crippen molar-refractivity contribution in [1.29, 1.82) is 0 Å². The van der Waals surface area contributed by atoms with Crippen molar-refractivity contribution >= 4 is 10.0 Å². The van der Waals surface area contributed by atoms with E-state index in [0.29, 0.717) is 12.5 Å². The van der Waals surface area contributed by atoms with Gasteiger partial charge in [0.1, 0.15) is 0 Å². The van der Waals surface area contributed by atoms with Crippen LogP contribution in [0, 0.1) is 11.7 Å². The van der Waals surface area contributed by atoms with Gasteiger partial charge in [0.05, 0.1) is 12.0 Å². The van der Waals surface area contributed by atoms with Gasteiger partial charge in [-0.15, -0.1) is 0 Å². The fourth-order valence-electron chi connectivity index (χ4n) is 2.90. The summed E-state index contributed by atoms with van der Waals surface area (Å²) in [5, 5.41) is 0. The molecule has 2 rings (SSSR count).